The normalized spacial score (nSPS) is 19.0. The van der Waals surface area contributed by atoms with E-state index in [-0.39, 0.29) is 11.8 Å². The van der Waals surface area contributed by atoms with E-state index in [1.54, 1.807) is 11.0 Å². The minimum absolute atomic E-state index is 0.0257. The second-order valence-corrected chi connectivity index (χ2v) is 4.97. The molecule has 94 valence electrons. The molecule has 1 unspecified atom stereocenters. The fraction of sp³-hybridized carbons (Fsp3) is 0.500. The van der Waals surface area contributed by atoms with Gasteiger partial charge in [-0.1, -0.05) is 19.9 Å². The van der Waals surface area contributed by atoms with Crippen LogP contribution in [0, 0.1) is 17.2 Å². The summed E-state index contributed by atoms with van der Waals surface area (Å²) in [7, 11) is 0. The zero-order valence-electron chi connectivity index (χ0n) is 10.8. The number of pyridine rings is 1. The molecule has 0 saturated carbocycles. The zero-order valence-corrected chi connectivity index (χ0v) is 10.8. The van der Waals surface area contributed by atoms with E-state index in [4.69, 9.17) is 5.26 Å². The van der Waals surface area contributed by atoms with E-state index >= 15 is 0 Å². The molecule has 0 N–H and O–H groups in total. The van der Waals surface area contributed by atoms with Gasteiger partial charge in [0.05, 0.1) is 12.0 Å². The van der Waals surface area contributed by atoms with E-state index in [2.05, 4.69) is 24.9 Å². The van der Waals surface area contributed by atoms with Crippen molar-refractivity contribution in [1.82, 2.24) is 9.88 Å². The Morgan fingerprint density at radius 1 is 1.56 bits per heavy atom. The SMILES string of the molecule is CC(C)c1cccc(C(=O)N2CCC(C#N)C2)n1. The van der Waals surface area contributed by atoms with Crippen LogP contribution in [0.3, 0.4) is 0 Å². The van der Waals surface area contributed by atoms with Crippen LogP contribution >= 0.6 is 0 Å². The minimum Gasteiger partial charge on any atom is -0.336 e. The van der Waals surface area contributed by atoms with E-state index in [0.29, 0.717) is 24.7 Å². The van der Waals surface area contributed by atoms with E-state index < -0.39 is 0 Å². The lowest BCUT2D eigenvalue weighted by atomic mass is 10.1. The quantitative estimate of drug-likeness (QED) is 0.800. The van der Waals surface area contributed by atoms with Crippen molar-refractivity contribution in [2.75, 3.05) is 13.1 Å². The molecule has 0 spiro atoms. The van der Waals surface area contributed by atoms with Crippen LogP contribution in [-0.4, -0.2) is 28.9 Å². The van der Waals surface area contributed by atoms with Gasteiger partial charge in [-0.25, -0.2) is 4.98 Å². The van der Waals surface area contributed by atoms with E-state index in [0.717, 1.165) is 12.1 Å². The molecule has 1 amide bonds. The Labute approximate surface area is 107 Å². The Balaban J connectivity index is 2.15. The van der Waals surface area contributed by atoms with Crippen LogP contribution in [0.5, 0.6) is 0 Å². The van der Waals surface area contributed by atoms with Gasteiger partial charge >= 0.3 is 0 Å². The fourth-order valence-corrected chi connectivity index (χ4v) is 2.10. The van der Waals surface area contributed by atoms with Crippen LogP contribution in [0.1, 0.15) is 42.4 Å². The number of aromatic nitrogens is 1. The predicted molar refractivity (Wildman–Crippen MR) is 67.9 cm³/mol. The number of amides is 1. The Morgan fingerprint density at radius 2 is 2.33 bits per heavy atom. The van der Waals surface area contributed by atoms with Crippen LogP contribution in [0.15, 0.2) is 18.2 Å². The number of likely N-dealkylation sites (tertiary alicyclic amines) is 1. The molecule has 1 aliphatic heterocycles. The van der Waals surface area contributed by atoms with Gasteiger partial charge in [0.2, 0.25) is 0 Å². The monoisotopic (exact) mass is 243 g/mol. The molecule has 0 radical (unpaired) electrons. The van der Waals surface area contributed by atoms with Gasteiger partial charge in [0.1, 0.15) is 5.69 Å². The van der Waals surface area contributed by atoms with E-state index in [1.807, 2.05) is 12.1 Å². The summed E-state index contributed by atoms with van der Waals surface area (Å²) in [5.41, 5.74) is 1.41. The maximum absolute atomic E-state index is 12.2. The van der Waals surface area contributed by atoms with Gasteiger partial charge in [-0.15, -0.1) is 0 Å². The highest BCUT2D eigenvalue weighted by Gasteiger charge is 2.27. The van der Waals surface area contributed by atoms with Crippen LogP contribution in [0.4, 0.5) is 0 Å². The Hall–Kier alpha value is -1.89. The first-order valence-corrected chi connectivity index (χ1v) is 6.27. The number of hydrogen-bond donors (Lipinski definition) is 0. The lowest BCUT2D eigenvalue weighted by Crippen LogP contribution is -2.29. The average molecular weight is 243 g/mol. The highest BCUT2D eigenvalue weighted by atomic mass is 16.2. The molecule has 1 aromatic heterocycles. The van der Waals surface area contributed by atoms with Gasteiger partial charge in [0.25, 0.3) is 5.91 Å². The third-order valence-corrected chi connectivity index (χ3v) is 3.24. The Morgan fingerprint density at radius 3 is 2.94 bits per heavy atom. The van der Waals surface area contributed by atoms with Gasteiger partial charge < -0.3 is 4.90 Å². The zero-order chi connectivity index (χ0) is 13.1. The first-order chi connectivity index (χ1) is 8.61. The van der Waals surface area contributed by atoms with Crippen molar-refractivity contribution in [1.29, 1.82) is 5.26 Å². The molecule has 18 heavy (non-hydrogen) atoms. The summed E-state index contributed by atoms with van der Waals surface area (Å²) in [6.07, 6.45) is 0.770. The molecule has 0 aliphatic carbocycles. The Bertz CT molecular complexity index is 490. The number of nitriles is 1. The molecule has 0 aromatic carbocycles. The van der Waals surface area contributed by atoms with Crippen molar-refractivity contribution in [3.63, 3.8) is 0 Å². The fourth-order valence-electron chi connectivity index (χ4n) is 2.10. The molecular formula is C14H17N3O. The van der Waals surface area contributed by atoms with E-state index in [9.17, 15) is 4.79 Å². The topological polar surface area (TPSA) is 57.0 Å². The molecule has 1 saturated heterocycles. The van der Waals surface area contributed by atoms with Gasteiger partial charge in [-0.05, 0) is 24.5 Å². The molecule has 1 aliphatic rings. The van der Waals surface area contributed by atoms with Gasteiger partial charge in [-0.3, -0.25) is 4.79 Å². The number of carbonyl (C=O) groups is 1. The standard InChI is InChI=1S/C14H17N3O/c1-10(2)12-4-3-5-13(16-12)14(18)17-7-6-11(8-15)9-17/h3-5,10-11H,6-7,9H2,1-2H3. The van der Waals surface area contributed by atoms with Crippen LogP contribution in [-0.2, 0) is 0 Å². The lowest BCUT2D eigenvalue weighted by Gasteiger charge is -2.15. The van der Waals surface area contributed by atoms with Crippen molar-refractivity contribution in [3.8, 4) is 6.07 Å². The third-order valence-electron chi connectivity index (χ3n) is 3.24. The summed E-state index contributed by atoms with van der Waals surface area (Å²) in [4.78, 5) is 18.4. The summed E-state index contributed by atoms with van der Waals surface area (Å²) in [5.74, 6) is 0.223. The summed E-state index contributed by atoms with van der Waals surface area (Å²) >= 11 is 0. The molecular weight excluding hydrogens is 226 g/mol. The van der Waals surface area contributed by atoms with Crippen molar-refractivity contribution >= 4 is 5.91 Å². The Kier molecular flexibility index (Phi) is 3.61. The highest BCUT2D eigenvalue weighted by Crippen LogP contribution is 2.18. The number of carbonyl (C=O) groups excluding carboxylic acids is 1. The van der Waals surface area contributed by atoms with Crippen molar-refractivity contribution in [2.24, 2.45) is 5.92 Å². The van der Waals surface area contributed by atoms with Crippen molar-refractivity contribution in [3.05, 3.63) is 29.6 Å². The summed E-state index contributed by atoms with van der Waals surface area (Å²) in [6.45, 7) is 5.30. The van der Waals surface area contributed by atoms with E-state index in [1.165, 1.54) is 0 Å². The minimum atomic E-state index is -0.0600. The smallest absolute Gasteiger partial charge is 0.272 e. The third kappa shape index (κ3) is 2.51. The first-order valence-electron chi connectivity index (χ1n) is 6.27. The van der Waals surface area contributed by atoms with Crippen LogP contribution < -0.4 is 0 Å². The predicted octanol–water partition coefficient (Wildman–Crippen LogP) is 2.19. The van der Waals surface area contributed by atoms with Crippen molar-refractivity contribution in [2.45, 2.75) is 26.2 Å². The van der Waals surface area contributed by atoms with Gasteiger partial charge in [0.15, 0.2) is 0 Å². The molecule has 1 aromatic rings. The number of hydrogen-bond acceptors (Lipinski definition) is 3. The summed E-state index contributed by atoms with van der Waals surface area (Å²) in [6, 6.07) is 7.76. The summed E-state index contributed by atoms with van der Waals surface area (Å²) in [5, 5.41) is 8.85. The molecule has 4 heteroatoms. The first kappa shape index (κ1) is 12.6. The molecule has 2 rings (SSSR count). The number of rotatable bonds is 2. The maximum atomic E-state index is 12.2. The van der Waals surface area contributed by atoms with Gasteiger partial charge in [0, 0.05) is 18.8 Å². The molecule has 4 nitrogen and oxygen atoms in total. The molecule has 1 atom stereocenters. The average Bonchev–Trinajstić information content (AvgIpc) is 2.86. The second kappa shape index (κ2) is 5.18. The largest absolute Gasteiger partial charge is 0.336 e. The molecule has 1 fully saturated rings. The molecule has 0 bridgehead atoms. The highest BCUT2D eigenvalue weighted by molar-refractivity contribution is 5.92. The van der Waals surface area contributed by atoms with Crippen LogP contribution in [0.25, 0.3) is 0 Å². The second-order valence-electron chi connectivity index (χ2n) is 4.97. The maximum Gasteiger partial charge on any atom is 0.272 e. The van der Waals surface area contributed by atoms with Crippen molar-refractivity contribution < 1.29 is 4.79 Å². The number of nitrogens with zero attached hydrogens (tertiary/aromatic N) is 3. The lowest BCUT2D eigenvalue weighted by molar-refractivity contribution is 0.0784. The summed E-state index contributed by atoms with van der Waals surface area (Å²) < 4.78 is 0. The van der Waals surface area contributed by atoms with Gasteiger partial charge in [-0.2, -0.15) is 5.26 Å². The molecule has 2 heterocycles. The van der Waals surface area contributed by atoms with Crippen LogP contribution in [0.2, 0.25) is 0 Å².